The van der Waals surface area contributed by atoms with E-state index in [-0.39, 0.29) is 23.8 Å². The average Bonchev–Trinajstić information content (AvgIpc) is 3.17. The molecule has 2 aromatic heterocycles. The highest BCUT2D eigenvalue weighted by Crippen LogP contribution is 2.41. The Hall–Kier alpha value is -3.29. The van der Waals surface area contributed by atoms with Crippen LogP contribution in [-0.4, -0.2) is 68.0 Å². The number of aliphatic hydroxyl groups is 2. The third kappa shape index (κ3) is 8.12. The van der Waals surface area contributed by atoms with Gasteiger partial charge in [-0.1, -0.05) is 64.4 Å². The van der Waals surface area contributed by atoms with Gasteiger partial charge in [0.15, 0.2) is 6.10 Å². The number of anilines is 1. The SMILES string of the molecule is CCCCCCCCCCCOC(=O)c1cccc(C(=O)Nc2ccn([C@@H]3O[C@H](CO)[C@@H](O)C3(F)F)c(=O)n2)n1. The lowest BCUT2D eigenvalue weighted by atomic mass is 10.1. The van der Waals surface area contributed by atoms with Gasteiger partial charge in [0.1, 0.15) is 23.3 Å². The minimum absolute atomic E-state index is 0.0652. The van der Waals surface area contributed by atoms with Crippen molar-refractivity contribution < 1.29 is 38.1 Å². The lowest BCUT2D eigenvalue weighted by molar-refractivity contribution is -0.140. The molecule has 3 heterocycles. The third-order valence-electron chi connectivity index (χ3n) is 6.56. The number of ether oxygens (including phenoxy) is 2. The highest BCUT2D eigenvalue weighted by atomic mass is 19.3. The summed E-state index contributed by atoms with van der Waals surface area (Å²) in [6, 6.07) is 5.29. The van der Waals surface area contributed by atoms with Crippen molar-refractivity contribution in [3.8, 4) is 0 Å². The van der Waals surface area contributed by atoms with Crippen molar-refractivity contribution in [3.05, 3.63) is 52.3 Å². The first-order chi connectivity index (χ1) is 19.2. The number of unbranched alkanes of at least 4 members (excludes halogenated alkanes) is 8. The van der Waals surface area contributed by atoms with E-state index in [9.17, 15) is 28.3 Å². The summed E-state index contributed by atoms with van der Waals surface area (Å²) >= 11 is 0. The fourth-order valence-electron chi connectivity index (χ4n) is 4.29. The summed E-state index contributed by atoms with van der Waals surface area (Å²) < 4.78 is 39.3. The standard InChI is InChI=1S/C27H36F2N4O7/c1-2-3-4-5-6-7-8-9-10-16-39-24(37)19-13-11-12-18(30-19)23(36)31-21-14-15-33(26(38)32-21)25-27(28,29)22(35)20(17-34)40-25/h11-15,20,22,25,34-35H,2-10,16-17H2,1H3,(H,31,32,36,38)/t20-,22-,25-/m1/s1. The Morgan fingerprint density at radius 1 is 1.05 bits per heavy atom. The molecule has 3 atom stereocenters. The maximum Gasteiger partial charge on any atom is 0.356 e. The van der Waals surface area contributed by atoms with Crippen LogP contribution in [-0.2, 0) is 9.47 Å². The lowest BCUT2D eigenvalue weighted by Crippen LogP contribution is -2.41. The van der Waals surface area contributed by atoms with Crippen LogP contribution in [0.5, 0.6) is 0 Å². The van der Waals surface area contributed by atoms with Crippen molar-refractivity contribution in [3.63, 3.8) is 0 Å². The molecule has 0 bridgehead atoms. The quantitative estimate of drug-likeness (QED) is 0.217. The zero-order valence-corrected chi connectivity index (χ0v) is 22.4. The molecule has 1 saturated heterocycles. The van der Waals surface area contributed by atoms with E-state index < -0.39 is 48.5 Å². The van der Waals surface area contributed by atoms with E-state index in [0.717, 1.165) is 37.9 Å². The first-order valence-electron chi connectivity index (χ1n) is 13.6. The van der Waals surface area contributed by atoms with Gasteiger partial charge in [0.05, 0.1) is 13.2 Å². The van der Waals surface area contributed by atoms with Gasteiger partial charge < -0.3 is 25.0 Å². The molecule has 40 heavy (non-hydrogen) atoms. The second-order valence-corrected chi connectivity index (χ2v) is 9.66. The normalized spacial score (nSPS) is 19.9. The Morgan fingerprint density at radius 3 is 2.33 bits per heavy atom. The number of nitrogens with zero attached hydrogens (tertiary/aromatic N) is 3. The van der Waals surface area contributed by atoms with Crippen LogP contribution in [0, 0.1) is 0 Å². The van der Waals surface area contributed by atoms with Gasteiger partial charge in [-0.2, -0.15) is 13.8 Å². The van der Waals surface area contributed by atoms with Crippen LogP contribution in [0.15, 0.2) is 35.3 Å². The molecule has 1 fully saturated rings. The van der Waals surface area contributed by atoms with Gasteiger partial charge in [0.25, 0.3) is 5.91 Å². The van der Waals surface area contributed by atoms with Gasteiger partial charge in [0.2, 0.25) is 6.23 Å². The number of pyridine rings is 1. The molecule has 0 saturated carbocycles. The number of carbonyl (C=O) groups excluding carboxylic acids is 2. The molecule has 1 aliphatic rings. The molecule has 220 valence electrons. The highest BCUT2D eigenvalue weighted by molar-refractivity contribution is 6.03. The van der Waals surface area contributed by atoms with Gasteiger partial charge in [-0.05, 0) is 24.6 Å². The molecule has 13 heteroatoms. The van der Waals surface area contributed by atoms with Crippen LogP contribution in [0.3, 0.4) is 0 Å². The van der Waals surface area contributed by atoms with Crippen LogP contribution in [0.2, 0.25) is 0 Å². The largest absolute Gasteiger partial charge is 0.461 e. The minimum atomic E-state index is -3.86. The molecular weight excluding hydrogens is 530 g/mol. The Labute approximate surface area is 230 Å². The molecule has 0 spiro atoms. The summed E-state index contributed by atoms with van der Waals surface area (Å²) in [6.45, 7) is 1.56. The fourth-order valence-corrected chi connectivity index (χ4v) is 4.29. The Kier molecular flexibility index (Phi) is 11.6. The second-order valence-electron chi connectivity index (χ2n) is 9.66. The number of alkyl halides is 2. The van der Waals surface area contributed by atoms with Crippen molar-refractivity contribution in [1.82, 2.24) is 14.5 Å². The van der Waals surface area contributed by atoms with Crippen LogP contribution >= 0.6 is 0 Å². The van der Waals surface area contributed by atoms with Crippen LogP contribution in [0.25, 0.3) is 0 Å². The van der Waals surface area contributed by atoms with E-state index >= 15 is 0 Å². The number of carbonyl (C=O) groups is 2. The Bertz CT molecular complexity index is 1190. The summed E-state index contributed by atoms with van der Waals surface area (Å²) in [5.41, 5.74) is -1.40. The molecule has 3 N–H and O–H groups in total. The maximum absolute atomic E-state index is 14.3. The average molecular weight is 567 g/mol. The van der Waals surface area contributed by atoms with Gasteiger partial charge in [-0.3, -0.25) is 9.36 Å². The number of hydrogen-bond acceptors (Lipinski definition) is 9. The number of aromatic nitrogens is 3. The number of aliphatic hydroxyl groups excluding tert-OH is 2. The summed E-state index contributed by atoms with van der Waals surface area (Å²) in [5, 5.41) is 21.1. The molecule has 11 nitrogen and oxygen atoms in total. The van der Waals surface area contributed by atoms with E-state index in [1.807, 2.05) is 0 Å². The zero-order chi connectivity index (χ0) is 29.1. The summed E-state index contributed by atoms with van der Waals surface area (Å²) in [7, 11) is 0. The predicted molar refractivity (Wildman–Crippen MR) is 140 cm³/mol. The zero-order valence-electron chi connectivity index (χ0n) is 22.4. The molecule has 0 aliphatic carbocycles. The summed E-state index contributed by atoms with van der Waals surface area (Å²) in [6.07, 6.45) is 5.00. The van der Waals surface area contributed by atoms with Crippen molar-refractivity contribution in [2.45, 2.75) is 89.1 Å². The summed E-state index contributed by atoms with van der Waals surface area (Å²) in [5.74, 6) is -5.59. The number of halogens is 2. The van der Waals surface area contributed by atoms with Gasteiger partial charge >= 0.3 is 17.6 Å². The first kappa shape index (κ1) is 31.2. The van der Waals surface area contributed by atoms with E-state index in [1.165, 1.54) is 50.3 Å². The molecule has 2 aromatic rings. The minimum Gasteiger partial charge on any atom is -0.461 e. The van der Waals surface area contributed by atoms with Crippen molar-refractivity contribution in [2.75, 3.05) is 18.5 Å². The molecule has 1 aliphatic heterocycles. The Balaban J connectivity index is 1.50. The number of nitrogens with one attached hydrogen (secondary N) is 1. The fraction of sp³-hybridized carbons (Fsp3) is 0.593. The van der Waals surface area contributed by atoms with E-state index in [1.54, 1.807) is 0 Å². The van der Waals surface area contributed by atoms with E-state index in [2.05, 4.69) is 22.2 Å². The lowest BCUT2D eigenvalue weighted by Gasteiger charge is -2.21. The molecule has 0 aromatic carbocycles. The summed E-state index contributed by atoms with van der Waals surface area (Å²) in [4.78, 5) is 45.0. The maximum atomic E-state index is 14.3. The first-order valence-corrected chi connectivity index (χ1v) is 13.6. The number of esters is 1. The smallest absolute Gasteiger partial charge is 0.356 e. The van der Waals surface area contributed by atoms with E-state index in [4.69, 9.17) is 14.6 Å². The second kappa shape index (κ2) is 14.9. The molecule has 0 radical (unpaired) electrons. The monoisotopic (exact) mass is 566 g/mol. The van der Waals surface area contributed by atoms with Crippen LogP contribution in [0.1, 0.15) is 91.9 Å². The molecule has 1 amide bonds. The predicted octanol–water partition coefficient (Wildman–Crippen LogP) is 3.46. The number of rotatable bonds is 15. The van der Waals surface area contributed by atoms with Crippen molar-refractivity contribution in [1.29, 1.82) is 0 Å². The molecule has 3 rings (SSSR count). The van der Waals surface area contributed by atoms with E-state index in [0.29, 0.717) is 4.57 Å². The number of hydrogen-bond donors (Lipinski definition) is 3. The van der Waals surface area contributed by atoms with Crippen molar-refractivity contribution in [2.24, 2.45) is 0 Å². The van der Waals surface area contributed by atoms with Gasteiger partial charge in [-0.15, -0.1) is 0 Å². The van der Waals surface area contributed by atoms with Gasteiger partial charge in [-0.25, -0.2) is 14.6 Å². The van der Waals surface area contributed by atoms with Gasteiger partial charge in [0, 0.05) is 6.20 Å². The molecular formula is C27H36F2N4O7. The highest BCUT2D eigenvalue weighted by Gasteiger charge is 2.59. The topological polar surface area (TPSA) is 153 Å². The number of amides is 1. The van der Waals surface area contributed by atoms with Crippen LogP contribution in [0.4, 0.5) is 14.6 Å². The third-order valence-corrected chi connectivity index (χ3v) is 6.56. The molecule has 0 unspecified atom stereocenters. The van der Waals surface area contributed by atoms with Crippen molar-refractivity contribution >= 4 is 17.7 Å². The van der Waals surface area contributed by atoms with Crippen LogP contribution < -0.4 is 11.0 Å². The Morgan fingerprint density at radius 2 is 1.70 bits per heavy atom.